The van der Waals surface area contributed by atoms with Gasteiger partial charge in [-0.2, -0.15) is 5.26 Å². The number of nitriles is 1. The molecule has 1 unspecified atom stereocenters. The Morgan fingerprint density at radius 3 is 2.32 bits per heavy atom. The summed E-state index contributed by atoms with van der Waals surface area (Å²) in [6, 6.07) is 17.1. The summed E-state index contributed by atoms with van der Waals surface area (Å²) in [5.74, 6) is -0.299. The van der Waals surface area contributed by atoms with Crippen LogP contribution in [0.15, 0.2) is 54.6 Å². The van der Waals surface area contributed by atoms with Crippen LogP contribution in [0.25, 0.3) is 0 Å². The number of benzene rings is 2. The minimum absolute atomic E-state index is 0.299. The van der Waals surface area contributed by atoms with E-state index in [4.69, 9.17) is 16.9 Å². The minimum atomic E-state index is -0.663. The van der Waals surface area contributed by atoms with E-state index in [0.717, 1.165) is 5.56 Å². The van der Waals surface area contributed by atoms with Crippen molar-refractivity contribution in [3.8, 4) is 6.07 Å². The van der Waals surface area contributed by atoms with Gasteiger partial charge >= 0.3 is 0 Å². The van der Waals surface area contributed by atoms with Crippen molar-refractivity contribution in [2.24, 2.45) is 0 Å². The van der Waals surface area contributed by atoms with Crippen molar-refractivity contribution >= 4 is 17.5 Å². The number of nitrogens with one attached hydrogen (secondary N) is 1. The summed E-state index contributed by atoms with van der Waals surface area (Å²) < 4.78 is 0. The van der Waals surface area contributed by atoms with Crippen LogP contribution in [0, 0.1) is 11.3 Å². The maximum Gasteiger partial charge on any atom is 0.252 e. The van der Waals surface area contributed by atoms with E-state index in [9.17, 15) is 4.79 Å². The van der Waals surface area contributed by atoms with Crippen LogP contribution in [0.1, 0.15) is 22.0 Å². The second-order valence-electron chi connectivity index (χ2n) is 3.95. The number of amides is 1. The largest absolute Gasteiger partial charge is 0.333 e. The Morgan fingerprint density at radius 1 is 1.11 bits per heavy atom. The topological polar surface area (TPSA) is 52.9 Å². The Hall–Kier alpha value is -2.31. The van der Waals surface area contributed by atoms with Gasteiger partial charge in [-0.25, -0.2) is 0 Å². The van der Waals surface area contributed by atoms with Crippen LogP contribution in [0.3, 0.4) is 0 Å². The van der Waals surface area contributed by atoms with E-state index in [2.05, 4.69) is 11.4 Å². The van der Waals surface area contributed by atoms with Crippen molar-refractivity contribution in [2.75, 3.05) is 0 Å². The third-order valence-electron chi connectivity index (χ3n) is 2.64. The van der Waals surface area contributed by atoms with Crippen molar-refractivity contribution in [1.82, 2.24) is 5.32 Å². The van der Waals surface area contributed by atoms with Crippen LogP contribution in [0.5, 0.6) is 0 Å². The lowest BCUT2D eigenvalue weighted by molar-refractivity contribution is 0.0945. The molecular formula is C15H11ClN2O. The molecule has 1 N–H and O–H groups in total. The maximum absolute atomic E-state index is 12.0. The van der Waals surface area contributed by atoms with Crippen molar-refractivity contribution < 1.29 is 4.79 Å². The molecule has 0 radical (unpaired) electrons. The van der Waals surface area contributed by atoms with Crippen LogP contribution in [0.2, 0.25) is 5.02 Å². The average molecular weight is 271 g/mol. The molecule has 0 aliphatic carbocycles. The number of nitrogens with zero attached hydrogens (tertiary/aromatic N) is 1. The summed E-state index contributed by atoms with van der Waals surface area (Å²) >= 11 is 5.76. The molecule has 0 saturated heterocycles. The van der Waals surface area contributed by atoms with Crippen LogP contribution in [-0.4, -0.2) is 5.91 Å². The average Bonchev–Trinajstić information content (AvgIpc) is 2.46. The standard InChI is InChI=1S/C15H11ClN2O/c16-13-8-6-12(7-9-13)15(19)18-14(10-17)11-4-2-1-3-5-11/h1-9,14H,(H,18,19). The molecule has 4 heteroatoms. The minimum Gasteiger partial charge on any atom is -0.333 e. The molecule has 1 amide bonds. The molecule has 0 heterocycles. The van der Waals surface area contributed by atoms with E-state index >= 15 is 0 Å². The fraction of sp³-hybridized carbons (Fsp3) is 0.0667. The zero-order chi connectivity index (χ0) is 13.7. The highest BCUT2D eigenvalue weighted by Crippen LogP contribution is 2.14. The van der Waals surface area contributed by atoms with Gasteiger partial charge in [0.25, 0.3) is 5.91 Å². The van der Waals surface area contributed by atoms with Crippen LogP contribution in [-0.2, 0) is 0 Å². The molecule has 3 nitrogen and oxygen atoms in total. The predicted molar refractivity (Wildman–Crippen MR) is 73.7 cm³/mol. The number of rotatable bonds is 3. The molecule has 19 heavy (non-hydrogen) atoms. The zero-order valence-electron chi connectivity index (χ0n) is 10.0. The van der Waals surface area contributed by atoms with Gasteiger partial charge < -0.3 is 5.32 Å². The monoisotopic (exact) mass is 270 g/mol. The van der Waals surface area contributed by atoms with E-state index in [0.29, 0.717) is 10.6 Å². The summed E-state index contributed by atoms with van der Waals surface area (Å²) in [5.41, 5.74) is 1.23. The van der Waals surface area contributed by atoms with Gasteiger partial charge in [-0.15, -0.1) is 0 Å². The molecule has 2 aromatic rings. The van der Waals surface area contributed by atoms with Crippen molar-refractivity contribution in [1.29, 1.82) is 5.26 Å². The number of hydrogen-bond donors (Lipinski definition) is 1. The van der Waals surface area contributed by atoms with Gasteiger partial charge in [0, 0.05) is 10.6 Å². The first-order valence-electron chi connectivity index (χ1n) is 5.71. The fourth-order valence-electron chi connectivity index (χ4n) is 1.65. The van der Waals surface area contributed by atoms with E-state index in [-0.39, 0.29) is 5.91 Å². The first-order valence-corrected chi connectivity index (χ1v) is 6.09. The molecule has 0 aliphatic heterocycles. The van der Waals surface area contributed by atoms with Gasteiger partial charge in [-0.3, -0.25) is 4.79 Å². The Bertz CT molecular complexity index is 602. The Labute approximate surface area is 116 Å². The number of carbonyl (C=O) groups excluding carboxylic acids is 1. The molecule has 0 aromatic heterocycles. The molecule has 0 fully saturated rings. The molecule has 0 saturated carbocycles. The van der Waals surface area contributed by atoms with Gasteiger partial charge in [0.05, 0.1) is 6.07 Å². The molecule has 94 valence electrons. The number of halogens is 1. The van der Waals surface area contributed by atoms with E-state index in [1.165, 1.54) is 0 Å². The van der Waals surface area contributed by atoms with Crippen LogP contribution >= 0.6 is 11.6 Å². The summed E-state index contributed by atoms with van der Waals surface area (Å²) in [5, 5.41) is 12.4. The third-order valence-corrected chi connectivity index (χ3v) is 2.90. The van der Waals surface area contributed by atoms with Gasteiger partial charge in [0.2, 0.25) is 0 Å². The van der Waals surface area contributed by atoms with Crippen LogP contribution < -0.4 is 5.32 Å². The van der Waals surface area contributed by atoms with E-state index in [1.807, 2.05) is 18.2 Å². The zero-order valence-corrected chi connectivity index (χ0v) is 10.8. The van der Waals surface area contributed by atoms with Crippen LogP contribution in [0.4, 0.5) is 0 Å². The number of hydrogen-bond acceptors (Lipinski definition) is 2. The lowest BCUT2D eigenvalue weighted by Gasteiger charge is -2.11. The SMILES string of the molecule is N#CC(NC(=O)c1ccc(Cl)cc1)c1ccccc1. The quantitative estimate of drug-likeness (QED) is 0.930. The molecule has 2 aromatic carbocycles. The van der Waals surface area contributed by atoms with Crippen molar-refractivity contribution in [2.45, 2.75) is 6.04 Å². The second-order valence-corrected chi connectivity index (χ2v) is 4.39. The highest BCUT2D eigenvalue weighted by Gasteiger charge is 2.14. The first kappa shape index (κ1) is 13.1. The fourth-order valence-corrected chi connectivity index (χ4v) is 1.78. The predicted octanol–water partition coefficient (Wildman–Crippen LogP) is 3.33. The highest BCUT2D eigenvalue weighted by molar-refractivity contribution is 6.30. The van der Waals surface area contributed by atoms with Gasteiger partial charge in [0.15, 0.2) is 0 Å². The molecular weight excluding hydrogens is 260 g/mol. The second kappa shape index (κ2) is 6.03. The summed E-state index contributed by atoms with van der Waals surface area (Å²) in [4.78, 5) is 12.0. The summed E-state index contributed by atoms with van der Waals surface area (Å²) in [6.07, 6.45) is 0. The smallest absolute Gasteiger partial charge is 0.252 e. The lowest BCUT2D eigenvalue weighted by atomic mass is 10.1. The van der Waals surface area contributed by atoms with E-state index < -0.39 is 6.04 Å². The third kappa shape index (κ3) is 3.34. The molecule has 2 rings (SSSR count). The highest BCUT2D eigenvalue weighted by atomic mass is 35.5. The Morgan fingerprint density at radius 2 is 1.74 bits per heavy atom. The maximum atomic E-state index is 12.0. The molecule has 0 spiro atoms. The molecule has 0 bridgehead atoms. The first-order chi connectivity index (χ1) is 9.20. The van der Waals surface area contributed by atoms with Crippen molar-refractivity contribution in [3.05, 3.63) is 70.7 Å². The summed E-state index contributed by atoms with van der Waals surface area (Å²) in [7, 11) is 0. The van der Waals surface area contributed by atoms with Gasteiger partial charge in [-0.05, 0) is 29.8 Å². The lowest BCUT2D eigenvalue weighted by Crippen LogP contribution is -2.27. The molecule has 1 atom stereocenters. The Balaban J connectivity index is 2.13. The Kier molecular flexibility index (Phi) is 4.17. The number of carbonyl (C=O) groups is 1. The van der Waals surface area contributed by atoms with E-state index in [1.54, 1.807) is 36.4 Å². The van der Waals surface area contributed by atoms with Gasteiger partial charge in [0.1, 0.15) is 6.04 Å². The van der Waals surface area contributed by atoms with Crippen molar-refractivity contribution in [3.63, 3.8) is 0 Å². The summed E-state index contributed by atoms with van der Waals surface area (Å²) in [6.45, 7) is 0. The van der Waals surface area contributed by atoms with Gasteiger partial charge in [-0.1, -0.05) is 41.9 Å². The molecule has 0 aliphatic rings. The normalized spacial score (nSPS) is 11.4.